The molecule has 92 valence electrons. The van der Waals surface area contributed by atoms with E-state index in [0.29, 0.717) is 0 Å². The Hall–Kier alpha value is 0.0397. The Morgan fingerprint density at radius 3 is 2.06 bits per heavy atom. The summed E-state index contributed by atoms with van der Waals surface area (Å²) in [7, 11) is 0. The molecule has 0 aliphatic rings. The molecule has 0 aromatic heterocycles. The van der Waals surface area contributed by atoms with Crippen LogP contribution in [0.25, 0.3) is 0 Å². The Labute approximate surface area is 120 Å². The van der Waals surface area contributed by atoms with Gasteiger partial charge in [-0.05, 0) is 0 Å². The van der Waals surface area contributed by atoms with Crippen LogP contribution in [0.1, 0.15) is 0 Å². The summed E-state index contributed by atoms with van der Waals surface area (Å²) in [6.07, 6.45) is -9.19. The van der Waals surface area contributed by atoms with Crippen molar-refractivity contribution < 1.29 is 39.9 Å². The van der Waals surface area contributed by atoms with Crippen LogP contribution in [-0.2, 0) is 9.53 Å². The van der Waals surface area contributed by atoms with Crippen molar-refractivity contribution in [3.05, 3.63) is 0 Å². The van der Waals surface area contributed by atoms with Crippen molar-refractivity contribution in [2.24, 2.45) is 0 Å². The maximum atomic E-state index is 10.3. The van der Waals surface area contributed by atoms with Crippen LogP contribution in [0.4, 0.5) is 4.79 Å². The first kappa shape index (κ1) is 18.4. The van der Waals surface area contributed by atoms with Crippen LogP contribution in [0, 0.1) is 0 Å². The van der Waals surface area contributed by atoms with Gasteiger partial charge in [0.1, 0.15) is 18.3 Å². The third-order valence-electron chi connectivity index (χ3n) is 1.64. The molecule has 0 aromatic rings. The van der Waals surface area contributed by atoms with E-state index in [9.17, 15) is 14.7 Å². The first-order valence-corrected chi connectivity index (χ1v) is 3.94. The summed E-state index contributed by atoms with van der Waals surface area (Å²) in [5.41, 5.74) is 0. The number of carboxylic acid groups (broad SMARTS) is 1. The summed E-state index contributed by atoms with van der Waals surface area (Å²) >= 11 is 0. The molecule has 0 amide bonds. The average Bonchev–Trinajstić information content (AvgIpc) is 2.22. The normalized spacial score (nSPS) is 17.5. The van der Waals surface area contributed by atoms with Gasteiger partial charge in [0.05, 0.1) is 6.61 Å². The van der Waals surface area contributed by atoms with Crippen LogP contribution in [0.3, 0.4) is 0 Å². The molecule has 0 saturated carbocycles. The van der Waals surface area contributed by atoms with Gasteiger partial charge in [-0.15, -0.1) is 0 Å². The van der Waals surface area contributed by atoms with E-state index in [0.717, 1.165) is 0 Å². The van der Waals surface area contributed by atoms with Gasteiger partial charge < -0.3 is 30.3 Å². The van der Waals surface area contributed by atoms with Gasteiger partial charge in [-0.3, -0.25) is 4.79 Å². The third-order valence-corrected chi connectivity index (χ3v) is 1.64. The first-order chi connectivity index (χ1) is 6.93. The van der Waals surface area contributed by atoms with Crippen LogP contribution < -0.4 is 0 Å². The van der Waals surface area contributed by atoms with Crippen molar-refractivity contribution in [3.63, 3.8) is 0 Å². The minimum atomic E-state index is -1.94. The van der Waals surface area contributed by atoms with Gasteiger partial charge in [0.15, 0.2) is 12.4 Å². The second-order valence-electron chi connectivity index (χ2n) is 2.72. The predicted molar refractivity (Wildman–Crippen MR) is 52.6 cm³/mol. The number of carbonyl (C=O) groups excluding carboxylic acids is 1. The summed E-state index contributed by atoms with van der Waals surface area (Å²) in [5, 5.41) is 43.8. The SMILES string of the molecule is O=C[C@H](OC(=O)O)[C@@H](O)[C@H](O)[C@H](O)CO.[CaH2]. The van der Waals surface area contributed by atoms with Crippen molar-refractivity contribution in [2.45, 2.75) is 24.4 Å². The fourth-order valence-corrected chi connectivity index (χ4v) is 0.824. The molecular weight excluding hydrogens is 252 g/mol. The molecule has 0 spiro atoms. The Kier molecular flexibility index (Phi) is 10.5. The summed E-state index contributed by atoms with van der Waals surface area (Å²) in [6.45, 7) is -0.850. The molecule has 5 N–H and O–H groups in total. The quantitative estimate of drug-likeness (QED) is 0.188. The van der Waals surface area contributed by atoms with Gasteiger partial charge in [0, 0.05) is 0 Å². The minimum absolute atomic E-state index is 0. The molecular formula is C7H14CaO8. The summed E-state index contributed by atoms with van der Waals surface area (Å²) < 4.78 is 3.92. The van der Waals surface area contributed by atoms with Gasteiger partial charge >= 0.3 is 43.9 Å². The molecule has 0 bridgehead atoms. The molecule has 0 heterocycles. The van der Waals surface area contributed by atoms with Crippen LogP contribution in [0.2, 0.25) is 0 Å². The Morgan fingerprint density at radius 1 is 1.25 bits per heavy atom. The molecule has 0 rings (SSSR count). The Bertz CT molecular complexity index is 222. The standard InChI is InChI=1S/C7H12O8.Ca.2H/c8-1-3(10)5(11)6(12)4(2-9)15-7(13)14;;;/h2-6,8,10-12H,1H2,(H,13,14);;;/t3-,4+,5-,6-;;;/m1.../s1. The molecule has 0 aliphatic carbocycles. The number of aliphatic hydroxyl groups excluding tert-OH is 4. The van der Waals surface area contributed by atoms with Crippen LogP contribution in [-0.4, -0.2) is 107 Å². The van der Waals surface area contributed by atoms with Gasteiger partial charge in [0.25, 0.3) is 0 Å². The molecule has 0 unspecified atom stereocenters. The summed E-state index contributed by atoms with van der Waals surface area (Å²) in [5.74, 6) is 0. The molecule has 0 aromatic carbocycles. The molecule has 0 fully saturated rings. The van der Waals surface area contributed by atoms with Gasteiger partial charge in [-0.2, -0.15) is 0 Å². The summed E-state index contributed by atoms with van der Waals surface area (Å²) in [6, 6.07) is 0. The van der Waals surface area contributed by atoms with E-state index in [-0.39, 0.29) is 44.0 Å². The maximum absolute atomic E-state index is 10.3. The monoisotopic (exact) mass is 266 g/mol. The van der Waals surface area contributed by atoms with Crippen molar-refractivity contribution in [1.29, 1.82) is 0 Å². The molecule has 0 aliphatic heterocycles. The van der Waals surface area contributed by atoms with E-state index in [1.54, 1.807) is 0 Å². The van der Waals surface area contributed by atoms with Crippen LogP contribution in [0.5, 0.6) is 0 Å². The Balaban J connectivity index is 0. The van der Waals surface area contributed by atoms with E-state index in [1.165, 1.54) is 0 Å². The van der Waals surface area contributed by atoms with E-state index in [1.807, 2.05) is 0 Å². The number of aliphatic hydroxyl groups is 4. The zero-order chi connectivity index (χ0) is 12.0. The second kappa shape index (κ2) is 9.11. The number of aldehydes is 1. The van der Waals surface area contributed by atoms with Crippen LogP contribution >= 0.6 is 0 Å². The van der Waals surface area contributed by atoms with Crippen molar-refractivity contribution >= 4 is 50.2 Å². The Morgan fingerprint density at radius 2 is 1.75 bits per heavy atom. The third kappa shape index (κ3) is 5.94. The van der Waals surface area contributed by atoms with Gasteiger partial charge in [0.2, 0.25) is 0 Å². The summed E-state index contributed by atoms with van der Waals surface area (Å²) in [4.78, 5) is 20.3. The molecule has 0 radical (unpaired) electrons. The first-order valence-electron chi connectivity index (χ1n) is 3.94. The van der Waals surface area contributed by atoms with Gasteiger partial charge in [-0.25, -0.2) is 4.79 Å². The zero-order valence-corrected chi connectivity index (χ0v) is 7.55. The van der Waals surface area contributed by atoms with Crippen molar-refractivity contribution in [2.75, 3.05) is 6.61 Å². The average molecular weight is 266 g/mol. The predicted octanol–water partition coefficient (Wildman–Crippen LogP) is -3.59. The molecule has 4 atom stereocenters. The number of hydrogen-bond donors (Lipinski definition) is 5. The number of ether oxygens (including phenoxy) is 1. The van der Waals surface area contributed by atoms with Crippen molar-refractivity contribution in [3.8, 4) is 0 Å². The number of rotatable bonds is 6. The van der Waals surface area contributed by atoms with Crippen molar-refractivity contribution in [1.82, 2.24) is 0 Å². The molecule has 9 heteroatoms. The zero-order valence-electron chi connectivity index (χ0n) is 7.55. The fraction of sp³-hybridized carbons (Fsp3) is 0.714. The number of carbonyl (C=O) groups is 2. The van der Waals surface area contributed by atoms with E-state index in [4.69, 9.17) is 20.4 Å². The van der Waals surface area contributed by atoms with E-state index >= 15 is 0 Å². The van der Waals surface area contributed by atoms with Gasteiger partial charge in [-0.1, -0.05) is 0 Å². The number of hydrogen-bond acceptors (Lipinski definition) is 7. The van der Waals surface area contributed by atoms with E-state index in [2.05, 4.69) is 4.74 Å². The van der Waals surface area contributed by atoms with E-state index < -0.39 is 37.2 Å². The molecule has 0 saturated heterocycles. The molecule has 16 heavy (non-hydrogen) atoms. The topological polar surface area (TPSA) is 145 Å². The molecule has 8 nitrogen and oxygen atoms in total. The van der Waals surface area contributed by atoms with Crippen LogP contribution in [0.15, 0.2) is 0 Å². The fourth-order valence-electron chi connectivity index (χ4n) is 0.824. The second-order valence-corrected chi connectivity index (χ2v) is 2.72.